The minimum absolute atomic E-state index is 0.0473. The SMILES string of the molecule is O=C(CCc1nc(-c2ccsc2)no1)N1CCCC1c1nnc2ccccn12. The maximum absolute atomic E-state index is 12.9. The van der Waals surface area contributed by atoms with Crippen LogP contribution in [0.2, 0.25) is 0 Å². The molecule has 0 saturated carbocycles. The highest BCUT2D eigenvalue weighted by atomic mass is 32.1. The summed E-state index contributed by atoms with van der Waals surface area (Å²) in [4.78, 5) is 19.2. The lowest BCUT2D eigenvalue weighted by Crippen LogP contribution is -2.31. The van der Waals surface area contributed by atoms with Crippen molar-refractivity contribution in [1.82, 2.24) is 29.6 Å². The standard InChI is InChI=1S/C19H18N6O2S/c26-17(7-6-16-20-18(23-27-16)13-8-11-28-12-13)24-10-3-4-14(24)19-22-21-15-5-1-2-9-25(15)19/h1-2,5,8-9,11-12,14H,3-4,6-7,10H2. The van der Waals surface area contributed by atoms with E-state index in [1.165, 1.54) is 0 Å². The second-order valence-corrected chi connectivity index (χ2v) is 7.54. The van der Waals surface area contributed by atoms with Crippen molar-refractivity contribution >= 4 is 22.9 Å². The van der Waals surface area contributed by atoms with Gasteiger partial charge in [0.2, 0.25) is 17.6 Å². The van der Waals surface area contributed by atoms with Gasteiger partial charge in [-0.1, -0.05) is 11.2 Å². The molecule has 1 aliphatic rings. The highest BCUT2D eigenvalue weighted by Gasteiger charge is 2.33. The molecule has 28 heavy (non-hydrogen) atoms. The molecule has 0 bridgehead atoms. The van der Waals surface area contributed by atoms with Crippen molar-refractivity contribution in [2.45, 2.75) is 31.7 Å². The van der Waals surface area contributed by atoms with Crippen molar-refractivity contribution in [1.29, 1.82) is 0 Å². The van der Waals surface area contributed by atoms with Crippen LogP contribution in [0.3, 0.4) is 0 Å². The summed E-state index contributed by atoms with van der Waals surface area (Å²) in [6.45, 7) is 0.731. The molecule has 9 heteroatoms. The van der Waals surface area contributed by atoms with E-state index in [1.807, 2.05) is 50.5 Å². The number of carbonyl (C=O) groups excluding carboxylic acids is 1. The molecule has 0 N–H and O–H groups in total. The zero-order valence-electron chi connectivity index (χ0n) is 15.1. The fourth-order valence-corrected chi connectivity index (χ4v) is 4.28. The van der Waals surface area contributed by atoms with E-state index in [4.69, 9.17) is 4.52 Å². The van der Waals surface area contributed by atoms with Crippen LogP contribution in [0.15, 0.2) is 45.7 Å². The topological polar surface area (TPSA) is 89.4 Å². The van der Waals surface area contributed by atoms with Crippen LogP contribution >= 0.6 is 11.3 Å². The lowest BCUT2D eigenvalue weighted by Gasteiger charge is -2.23. The summed E-state index contributed by atoms with van der Waals surface area (Å²) in [5.74, 6) is 1.94. The zero-order chi connectivity index (χ0) is 18.9. The van der Waals surface area contributed by atoms with Crippen LogP contribution in [-0.4, -0.2) is 42.1 Å². The van der Waals surface area contributed by atoms with Gasteiger partial charge in [0.05, 0.1) is 6.04 Å². The third kappa shape index (κ3) is 3.07. The fourth-order valence-electron chi connectivity index (χ4n) is 3.64. The summed E-state index contributed by atoms with van der Waals surface area (Å²) in [5.41, 5.74) is 1.73. The molecule has 142 valence electrons. The van der Waals surface area contributed by atoms with Crippen molar-refractivity contribution in [3.63, 3.8) is 0 Å². The average Bonchev–Trinajstić information content (AvgIpc) is 3.51. The Kier molecular flexibility index (Phi) is 4.36. The molecule has 4 aromatic heterocycles. The summed E-state index contributed by atoms with van der Waals surface area (Å²) in [6, 6.07) is 7.69. The molecule has 0 radical (unpaired) electrons. The Morgan fingerprint density at radius 3 is 3.14 bits per heavy atom. The maximum Gasteiger partial charge on any atom is 0.227 e. The number of pyridine rings is 1. The van der Waals surface area contributed by atoms with Gasteiger partial charge >= 0.3 is 0 Å². The lowest BCUT2D eigenvalue weighted by molar-refractivity contribution is -0.132. The Labute approximate surface area is 164 Å². The van der Waals surface area contributed by atoms with Crippen molar-refractivity contribution in [3.8, 4) is 11.4 Å². The molecular weight excluding hydrogens is 376 g/mol. The Hall–Kier alpha value is -3.07. The number of nitrogens with zero attached hydrogens (tertiary/aromatic N) is 6. The molecule has 0 aromatic carbocycles. The molecule has 8 nitrogen and oxygen atoms in total. The largest absolute Gasteiger partial charge is 0.339 e. The van der Waals surface area contributed by atoms with Crippen molar-refractivity contribution in [2.24, 2.45) is 0 Å². The first-order valence-electron chi connectivity index (χ1n) is 9.24. The van der Waals surface area contributed by atoms with Gasteiger partial charge in [0.25, 0.3) is 0 Å². The maximum atomic E-state index is 12.9. The monoisotopic (exact) mass is 394 g/mol. The third-order valence-electron chi connectivity index (χ3n) is 5.01. The van der Waals surface area contributed by atoms with Crippen LogP contribution in [0.1, 0.15) is 37.0 Å². The highest BCUT2D eigenvalue weighted by molar-refractivity contribution is 7.08. The van der Waals surface area contributed by atoms with Gasteiger partial charge in [-0.25, -0.2) is 0 Å². The van der Waals surface area contributed by atoms with Gasteiger partial charge in [-0.05, 0) is 36.4 Å². The Morgan fingerprint density at radius 2 is 2.25 bits per heavy atom. The molecule has 1 unspecified atom stereocenters. The minimum Gasteiger partial charge on any atom is -0.339 e. The predicted molar refractivity (Wildman–Crippen MR) is 103 cm³/mol. The smallest absolute Gasteiger partial charge is 0.227 e. The molecule has 0 spiro atoms. The molecule has 5 rings (SSSR count). The number of likely N-dealkylation sites (tertiary alicyclic amines) is 1. The molecule has 5 heterocycles. The van der Waals surface area contributed by atoms with Crippen LogP contribution in [0.25, 0.3) is 17.0 Å². The number of amides is 1. The summed E-state index contributed by atoms with van der Waals surface area (Å²) < 4.78 is 7.26. The summed E-state index contributed by atoms with van der Waals surface area (Å²) >= 11 is 1.58. The minimum atomic E-state index is -0.0473. The van der Waals surface area contributed by atoms with Crippen LogP contribution in [0, 0.1) is 0 Å². The molecule has 1 atom stereocenters. The molecule has 1 amide bonds. The number of aryl methyl sites for hydroxylation is 1. The quantitative estimate of drug-likeness (QED) is 0.517. The lowest BCUT2D eigenvalue weighted by atomic mass is 10.2. The number of thiophene rings is 1. The van der Waals surface area contributed by atoms with Gasteiger partial charge < -0.3 is 9.42 Å². The Morgan fingerprint density at radius 1 is 1.29 bits per heavy atom. The second kappa shape index (κ2) is 7.16. The number of aromatic nitrogens is 5. The summed E-state index contributed by atoms with van der Waals surface area (Å²) in [5, 5.41) is 16.5. The van der Waals surface area contributed by atoms with E-state index in [0.29, 0.717) is 24.6 Å². The summed E-state index contributed by atoms with van der Waals surface area (Å²) in [7, 11) is 0. The van der Waals surface area contributed by atoms with E-state index in [0.717, 1.165) is 36.4 Å². The third-order valence-corrected chi connectivity index (χ3v) is 5.69. The Bertz CT molecular complexity index is 1100. The van der Waals surface area contributed by atoms with Crippen LogP contribution in [0.4, 0.5) is 0 Å². The van der Waals surface area contributed by atoms with Gasteiger partial charge in [0.1, 0.15) is 0 Å². The van der Waals surface area contributed by atoms with Gasteiger partial charge in [0, 0.05) is 36.5 Å². The molecule has 1 fully saturated rings. The van der Waals surface area contributed by atoms with E-state index in [9.17, 15) is 4.79 Å². The van der Waals surface area contributed by atoms with Gasteiger partial charge in [0.15, 0.2) is 11.5 Å². The van der Waals surface area contributed by atoms with E-state index in [-0.39, 0.29) is 11.9 Å². The fraction of sp³-hybridized carbons (Fsp3) is 0.316. The summed E-state index contributed by atoms with van der Waals surface area (Å²) in [6.07, 6.45) is 4.56. The van der Waals surface area contributed by atoms with Gasteiger partial charge in [-0.15, -0.1) is 10.2 Å². The molecular formula is C19H18N6O2S. The van der Waals surface area contributed by atoms with Crippen molar-refractivity contribution in [2.75, 3.05) is 6.54 Å². The van der Waals surface area contributed by atoms with Crippen LogP contribution in [-0.2, 0) is 11.2 Å². The van der Waals surface area contributed by atoms with Crippen molar-refractivity contribution < 1.29 is 9.32 Å². The number of rotatable bonds is 5. The predicted octanol–water partition coefficient (Wildman–Crippen LogP) is 3.14. The highest BCUT2D eigenvalue weighted by Crippen LogP contribution is 2.31. The van der Waals surface area contributed by atoms with Crippen molar-refractivity contribution in [3.05, 3.63) is 52.9 Å². The van der Waals surface area contributed by atoms with Crippen LogP contribution in [0.5, 0.6) is 0 Å². The second-order valence-electron chi connectivity index (χ2n) is 6.76. The van der Waals surface area contributed by atoms with E-state index in [2.05, 4.69) is 20.3 Å². The number of hydrogen-bond donors (Lipinski definition) is 0. The Balaban J connectivity index is 1.28. The average molecular weight is 394 g/mol. The first kappa shape index (κ1) is 17.1. The van der Waals surface area contributed by atoms with E-state index < -0.39 is 0 Å². The van der Waals surface area contributed by atoms with Gasteiger partial charge in [-0.3, -0.25) is 9.20 Å². The molecule has 1 saturated heterocycles. The van der Waals surface area contributed by atoms with Gasteiger partial charge in [-0.2, -0.15) is 16.3 Å². The normalized spacial score (nSPS) is 16.9. The van der Waals surface area contributed by atoms with E-state index in [1.54, 1.807) is 11.3 Å². The molecule has 4 aromatic rings. The number of carbonyl (C=O) groups is 1. The number of hydrogen-bond acceptors (Lipinski definition) is 7. The molecule has 1 aliphatic heterocycles. The van der Waals surface area contributed by atoms with E-state index >= 15 is 0 Å². The van der Waals surface area contributed by atoms with Crippen LogP contribution < -0.4 is 0 Å². The first-order chi connectivity index (χ1) is 13.8. The zero-order valence-corrected chi connectivity index (χ0v) is 15.9. The first-order valence-corrected chi connectivity index (χ1v) is 10.2. The number of fused-ring (bicyclic) bond motifs is 1. The molecule has 0 aliphatic carbocycles.